The fourth-order valence-electron chi connectivity index (χ4n) is 7.91. The Morgan fingerprint density at radius 2 is 2.12 bits per heavy atom. The van der Waals surface area contributed by atoms with Gasteiger partial charge in [0.2, 0.25) is 17.7 Å². The zero-order valence-electron chi connectivity index (χ0n) is 23.7. The van der Waals surface area contributed by atoms with Gasteiger partial charge >= 0.3 is 5.97 Å². The summed E-state index contributed by atoms with van der Waals surface area (Å²) in [6.07, 6.45) is 3.62. The molecule has 1 aromatic rings. The van der Waals surface area contributed by atoms with E-state index < -0.39 is 17.9 Å². The molecule has 5 aliphatic rings. The van der Waals surface area contributed by atoms with Gasteiger partial charge in [-0.3, -0.25) is 14.4 Å². The molecule has 1 saturated carbocycles. The van der Waals surface area contributed by atoms with Gasteiger partial charge in [0.1, 0.15) is 18.6 Å². The van der Waals surface area contributed by atoms with Crippen LogP contribution in [0.2, 0.25) is 0 Å². The Kier molecular flexibility index (Phi) is 7.52. The van der Waals surface area contributed by atoms with Crippen LogP contribution in [0.1, 0.15) is 33.1 Å². The molecule has 4 aliphatic heterocycles. The quantitative estimate of drug-likeness (QED) is 0.193. The van der Waals surface area contributed by atoms with E-state index in [0.717, 1.165) is 12.8 Å². The normalized spacial score (nSPS) is 36.2. The van der Waals surface area contributed by atoms with Crippen molar-refractivity contribution < 1.29 is 24.3 Å². The summed E-state index contributed by atoms with van der Waals surface area (Å²) >= 11 is 1.45. The van der Waals surface area contributed by atoms with E-state index in [2.05, 4.69) is 26.2 Å². The number of rotatable bonds is 9. The Morgan fingerprint density at radius 3 is 2.79 bits per heavy atom. The fraction of sp³-hybridized carbons (Fsp3) is 0.731. The molecule has 7 N–H and O–H groups in total. The molecule has 228 valence electrons. The van der Waals surface area contributed by atoms with E-state index in [1.54, 1.807) is 6.92 Å². The molecule has 4 fully saturated rings. The van der Waals surface area contributed by atoms with Gasteiger partial charge in [-0.05, 0) is 42.5 Å². The first kappa shape index (κ1) is 29.0. The number of likely N-dealkylation sites (tertiary alicyclic amines) is 1. The van der Waals surface area contributed by atoms with Crippen molar-refractivity contribution in [3.05, 3.63) is 16.9 Å². The number of aliphatic carboxylic acids is 1. The van der Waals surface area contributed by atoms with E-state index in [4.69, 9.17) is 11.5 Å². The summed E-state index contributed by atoms with van der Waals surface area (Å²) in [5, 5.41) is 27.0. The average Bonchev–Trinajstić information content (AvgIpc) is 3.74. The third-order valence-electron chi connectivity index (χ3n) is 9.88. The van der Waals surface area contributed by atoms with Crippen molar-refractivity contribution >= 4 is 35.5 Å². The summed E-state index contributed by atoms with van der Waals surface area (Å²) < 4.78 is 1.28. The highest BCUT2D eigenvalue weighted by Gasteiger charge is 2.60. The highest BCUT2D eigenvalue weighted by molar-refractivity contribution is 8.03. The molecule has 6 rings (SSSR count). The number of carboxylic acid groups (broad SMARTS) is 1. The van der Waals surface area contributed by atoms with E-state index in [-0.39, 0.29) is 64.7 Å². The van der Waals surface area contributed by atoms with Crippen molar-refractivity contribution in [3.8, 4) is 0 Å². The maximum absolute atomic E-state index is 13.5. The number of β-lactam (4-membered cyclic amide) rings is 1. The minimum absolute atomic E-state index is 0.00865. The molecule has 5 heterocycles. The van der Waals surface area contributed by atoms with Gasteiger partial charge in [0.05, 0.1) is 18.0 Å². The lowest BCUT2D eigenvalue weighted by Gasteiger charge is -2.47. The van der Waals surface area contributed by atoms with E-state index in [1.165, 1.54) is 27.7 Å². The molecular weight excluding hydrogens is 564 g/mol. The first-order valence-electron chi connectivity index (χ1n) is 14.5. The van der Waals surface area contributed by atoms with Crippen LogP contribution in [0.5, 0.6) is 0 Å². The molecule has 1 aromatic heterocycles. The fourth-order valence-corrected chi connectivity index (χ4v) is 9.39. The zero-order chi connectivity index (χ0) is 29.9. The molecule has 1 aliphatic carbocycles. The van der Waals surface area contributed by atoms with Gasteiger partial charge in [0, 0.05) is 59.8 Å². The zero-order valence-corrected chi connectivity index (χ0v) is 24.5. The van der Waals surface area contributed by atoms with E-state index in [9.17, 15) is 24.3 Å². The summed E-state index contributed by atoms with van der Waals surface area (Å²) in [5.41, 5.74) is 12.3. The minimum atomic E-state index is -1.15. The van der Waals surface area contributed by atoms with Crippen LogP contribution >= 0.6 is 11.8 Å². The number of carbonyl (C=O) groups excluding carboxylic acids is 3. The van der Waals surface area contributed by atoms with Gasteiger partial charge in [0.15, 0.2) is 0 Å². The predicted molar refractivity (Wildman–Crippen MR) is 150 cm³/mol. The molecule has 3 amide bonds. The lowest BCUT2D eigenvalue weighted by molar-refractivity contribution is -0.158. The number of thioether (sulfide) groups is 1. The predicted octanol–water partition coefficient (Wildman–Crippen LogP) is -2.06. The Labute approximate surface area is 247 Å². The molecule has 0 bridgehead atoms. The number of nitrogens with two attached hydrogens (primary N) is 2. The summed E-state index contributed by atoms with van der Waals surface area (Å²) in [4.78, 5) is 55.5. The standard InChI is InChI=1S/C26H38N10O5S/c1-12-20-19(13(2)31-18(37)8-35-11-30-32-33-35)24(39)36(20)21(25(40)41)22(12)42-16-4-17(29-6-16)23(38)34-7-14-3-15(28)5-26(14,9-27)10-34/h11-17,19-20,29H,3-10,27-28H2,1-2H3,(H,31,37)(H,40,41)/t12-,13-,14-,15+,16+,17+,19?,20-,26-/m1/s1. The highest BCUT2D eigenvalue weighted by atomic mass is 32.2. The molecule has 0 aromatic carbocycles. The first-order chi connectivity index (χ1) is 20.0. The number of amides is 3. The monoisotopic (exact) mass is 602 g/mol. The number of hydrogen-bond acceptors (Lipinski definition) is 11. The van der Waals surface area contributed by atoms with E-state index in [1.807, 2.05) is 11.8 Å². The van der Waals surface area contributed by atoms with Gasteiger partial charge in [-0.15, -0.1) is 16.9 Å². The van der Waals surface area contributed by atoms with Crippen LogP contribution < -0.4 is 22.1 Å². The SMILES string of the molecule is C[C@@H](NC(=O)Cn1cnnn1)C1C(=O)N2C(C(=O)O)=C(S[C@@H]3CN[C@H](C(=O)N4C[C@H]5C[C@H](N)C[C@@]5(CN)C4)C3)[C@H](C)[C@H]12. The molecular formula is C26H38N10O5S. The summed E-state index contributed by atoms with van der Waals surface area (Å²) in [5.74, 6) is -2.21. The van der Waals surface area contributed by atoms with Crippen LogP contribution in [0.4, 0.5) is 0 Å². The molecule has 0 radical (unpaired) electrons. The van der Waals surface area contributed by atoms with Crippen molar-refractivity contribution in [3.63, 3.8) is 0 Å². The molecule has 15 nitrogen and oxygen atoms in total. The molecule has 0 spiro atoms. The van der Waals surface area contributed by atoms with Gasteiger partial charge in [0.25, 0.3) is 0 Å². The second kappa shape index (κ2) is 10.9. The van der Waals surface area contributed by atoms with Crippen LogP contribution in [0, 0.1) is 23.2 Å². The average molecular weight is 603 g/mol. The van der Waals surface area contributed by atoms with Crippen LogP contribution in [0.15, 0.2) is 16.9 Å². The number of carbonyl (C=O) groups is 4. The lowest BCUT2D eigenvalue weighted by atomic mass is 9.78. The third kappa shape index (κ3) is 4.77. The Balaban J connectivity index is 1.09. The van der Waals surface area contributed by atoms with Crippen molar-refractivity contribution in [1.82, 2.24) is 40.6 Å². The van der Waals surface area contributed by atoms with Gasteiger partial charge in [-0.1, -0.05) is 6.92 Å². The summed E-state index contributed by atoms with van der Waals surface area (Å²) in [6, 6.07) is -1.09. The maximum atomic E-state index is 13.5. The molecule has 3 saturated heterocycles. The van der Waals surface area contributed by atoms with Crippen LogP contribution in [0.25, 0.3) is 0 Å². The molecule has 16 heteroatoms. The Morgan fingerprint density at radius 1 is 1.33 bits per heavy atom. The smallest absolute Gasteiger partial charge is 0.353 e. The van der Waals surface area contributed by atoms with Crippen molar-refractivity contribution in [2.24, 2.45) is 34.6 Å². The van der Waals surface area contributed by atoms with Gasteiger partial charge in [-0.25, -0.2) is 9.48 Å². The van der Waals surface area contributed by atoms with E-state index in [0.29, 0.717) is 43.4 Å². The van der Waals surface area contributed by atoms with Crippen molar-refractivity contribution in [1.29, 1.82) is 0 Å². The summed E-state index contributed by atoms with van der Waals surface area (Å²) in [7, 11) is 0. The number of hydrogen-bond donors (Lipinski definition) is 5. The molecule has 9 atom stereocenters. The highest BCUT2D eigenvalue weighted by Crippen LogP contribution is 2.52. The van der Waals surface area contributed by atoms with Crippen molar-refractivity contribution in [2.45, 2.75) is 69.1 Å². The van der Waals surface area contributed by atoms with Gasteiger partial charge in [-0.2, -0.15) is 0 Å². The molecule has 42 heavy (non-hydrogen) atoms. The van der Waals surface area contributed by atoms with Crippen molar-refractivity contribution in [2.75, 3.05) is 26.2 Å². The number of aromatic nitrogens is 4. The number of tetrazole rings is 1. The van der Waals surface area contributed by atoms with E-state index >= 15 is 0 Å². The number of carboxylic acids is 1. The Bertz CT molecular complexity index is 1310. The second-order valence-electron chi connectivity index (χ2n) is 12.5. The maximum Gasteiger partial charge on any atom is 0.353 e. The number of fused-ring (bicyclic) bond motifs is 2. The summed E-state index contributed by atoms with van der Waals surface area (Å²) in [6.45, 7) is 5.98. The van der Waals surface area contributed by atoms with Crippen LogP contribution in [0.3, 0.4) is 0 Å². The number of nitrogens with one attached hydrogen (secondary N) is 2. The van der Waals surface area contributed by atoms with Crippen LogP contribution in [-0.4, -0.2) is 114 Å². The second-order valence-corrected chi connectivity index (χ2v) is 13.9. The third-order valence-corrected chi connectivity index (χ3v) is 11.4. The molecule has 1 unspecified atom stereocenters. The topological polar surface area (TPSA) is 215 Å². The first-order valence-corrected chi connectivity index (χ1v) is 15.4. The lowest BCUT2D eigenvalue weighted by Crippen LogP contribution is -2.66. The van der Waals surface area contributed by atoms with Gasteiger partial charge < -0.3 is 37.0 Å². The minimum Gasteiger partial charge on any atom is -0.477 e. The number of nitrogens with zero attached hydrogens (tertiary/aromatic N) is 6. The Hall–Kier alpha value is -3.08. The largest absolute Gasteiger partial charge is 0.477 e. The van der Waals surface area contributed by atoms with Crippen LogP contribution in [-0.2, 0) is 25.7 Å².